The molecular weight excluding hydrogens is 228 g/mol. The van der Waals surface area contributed by atoms with E-state index in [2.05, 4.69) is 36.7 Å². The highest BCUT2D eigenvalue weighted by atomic mass is 79.9. The van der Waals surface area contributed by atoms with Crippen LogP contribution < -0.4 is 0 Å². The minimum absolute atomic E-state index is 0.420. The number of ether oxygens (including phenoxy) is 1. The third-order valence-corrected chi connectivity index (χ3v) is 3.40. The summed E-state index contributed by atoms with van der Waals surface area (Å²) in [5.74, 6) is 0.751. The zero-order chi connectivity index (χ0) is 9.90. The van der Waals surface area contributed by atoms with Crippen LogP contribution in [-0.4, -0.2) is 18.0 Å². The molecule has 0 saturated carbocycles. The van der Waals surface area contributed by atoms with Gasteiger partial charge in [-0.3, -0.25) is 0 Å². The maximum atomic E-state index is 5.53. The van der Waals surface area contributed by atoms with Gasteiger partial charge in [-0.25, -0.2) is 0 Å². The minimum atomic E-state index is 0.420. The third kappa shape index (κ3) is 3.59. The van der Waals surface area contributed by atoms with Gasteiger partial charge in [0.05, 0.1) is 0 Å². The normalized spacial score (nSPS) is 27.2. The molecule has 1 fully saturated rings. The molecule has 1 aliphatic rings. The summed E-state index contributed by atoms with van der Waals surface area (Å²) in [7, 11) is 0. The van der Waals surface area contributed by atoms with Crippen molar-refractivity contribution in [2.24, 2.45) is 11.3 Å². The summed E-state index contributed by atoms with van der Waals surface area (Å²) >= 11 is 3.64. The van der Waals surface area contributed by atoms with Crippen LogP contribution in [0.3, 0.4) is 0 Å². The van der Waals surface area contributed by atoms with E-state index in [0.717, 1.165) is 19.1 Å². The smallest absolute Gasteiger partial charge is 0.0499 e. The average Bonchev–Trinajstić information content (AvgIpc) is 2.04. The Balaban J connectivity index is 2.45. The Morgan fingerprint density at radius 1 is 1.54 bits per heavy atom. The first-order valence-electron chi connectivity index (χ1n) is 5.24. The predicted octanol–water partition coefficient (Wildman–Crippen LogP) is 3.61. The highest BCUT2D eigenvalue weighted by molar-refractivity contribution is 9.09. The molecule has 0 aromatic rings. The second-order valence-corrected chi connectivity index (χ2v) is 6.45. The summed E-state index contributed by atoms with van der Waals surface area (Å²) in [4.78, 5) is 0.615. The number of hydrogen-bond donors (Lipinski definition) is 0. The fourth-order valence-electron chi connectivity index (χ4n) is 2.25. The van der Waals surface area contributed by atoms with E-state index < -0.39 is 0 Å². The molecule has 0 N–H and O–H groups in total. The Morgan fingerprint density at radius 3 is 2.69 bits per heavy atom. The number of rotatable bonds is 3. The Bertz CT molecular complexity index is 148. The van der Waals surface area contributed by atoms with Gasteiger partial charge in [-0.1, -0.05) is 36.7 Å². The van der Waals surface area contributed by atoms with Gasteiger partial charge in [0, 0.05) is 18.0 Å². The van der Waals surface area contributed by atoms with Crippen LogP contribution in [0.2, 0.25) is 0 Å². The van der Waals surface area contributed by atoms with Crippen molar-refractivity contribution >= 4 is 15.9 Å². The van der Waals surface area contributed by atoms with Crippen molar-refractivity contribution in [3.63, 3.8) is 0 Å². The monoisotopic (exact) mass is 248 g/mol. The highest BCUT2D eigenvalue weighted by Crippen LogP contribution is 2.38. The van der Waals surface area contributed by atoms with Gasteiger partial charge in [0.2, 0.25) is 0 Å². The lowest BCUT2D eigenvalue weighted by Crippen LogP contribution is -2.33. The van der Waals surface area contributed by atoms with E-state index in [4.69, 9.17) is 4.74 Å². The second-order valence-electron chi connectivity index (χ2n) is 4.89. The summed E-state index contributed by atoms with van der Waals surface area (Å²) in [6, 6.07) is 0. The molecule has 2 atom stereocenters. The molecule has 1 rings (SSSR count). The number of hydrogen-bond acceptors (Lipinski definition) is 1. The van der Waals surface area contributed by atoms with Crippen LogP contribution in [0.5, 0.6) is 0 Å². The Hall–Kier alpha value is 0.440. The van der Waals surface area contributed by atoms with E-state index in [9.17, 15) is 0 Å². The summed E-state index contributed by atoms with van der Waals surface area (Å²) in [5.41, 5.74) is 0.420. The maximum Gasteiger partial charge on any atom is 0.0499 e. The van der Waals surface area contributed by atoms with E-state index in [1.165, 1.54) is 19.3 Å². The summed E-state index contributed by atoms with van der Waals surface area (Å²) < 4.78 is 5.53. The van der Waals surface area contributed by atoms with Crippen molar-refractivity contribution < 1.29 is 4.74 Å². The van der Waals surface area contributed by atoms with Crippen LogP contribution >= 0.6 is 15.9 Å². The standard InChI is InChI=1S/C11H21BrO/c1-9(12)7-11(2,3)10-5-4-6-13-8-10/h9-10H,4-8H2,1-3H3. The molecule has 0 aliphatic carbocycles. The molecule has 1 aliphatic heterocycles. The Kier molecular flexibility index (Phi) is 4.24. The van der Waals surface area contributed by atoms with E-state index in [-0.39, 0.29) is 0 Å². The van der Waals surface area contributed by atoms with Crippen molar-refractivity contribution in [1.29, 1.82) is 0 Å². The highest BCUT2D eigenvalue weighted by Gasteiger charge is 2.31. The molecule has 2 heteroatoms. The van der Waals surface area contributed by atoms with Gasteiger partial charge in [-0.2, -0.15) is 0 Å². The first-order valence-corrected chi connectivity index (χ1v) is 6.16. The summed E-state index contributed by atoms with van der Waals surface area (Å²) in [5, 5.41) is 0. The predicted molar refractivity (Wildman–Crippen MR) is 60.3 cm³/mol. The van der Waals surface area contributed by atoms with Gasteiger partial charge in [0.25, 0.3) is 0 Å². The molecule has 1 nitrogen and oxygen atoms in total. The number of alkyl halides is 1. The molecule has 78 valence electrons. The van der Waals surface area contributed by atoms with Crippen LogP contribution in [0.25, 0.3) is 0 Å². The zero-order valence-electron chi connectivity index (χ0n) is 8.98. The Labute approximate surface area is 90.4 Å². The van der Waals surface area contributed by atoms with Crippen molar-refractivity contribution in [2.75, 3.05) is 13.2 Å². The third-order valence-electron chi connectivity index (χ3n) is 3.07. The SMILES string of the molecule is CC(Br)CC(C)(C)C1CCCOC1. The fourth-order valence-corrected chi connectivity index (χ4v) is 3.08. The molecule has 1 saturated heterocycles. The lowest BCUT2D eigenvalue weighted by atomic mass is 9.73. The average molecular weight is 249 g/mol. The lowest BCUT2D eigenvalue weighted by Gasteiger charge is -2.37. The van der Waals surface area contributed by atoms with Crippen molar-refractivity contribution in [2.45, 2.75) is 44.9 Å². The van der Waals surface area contributed by atoms with Gasteiger partial charge < -0.3 is 4.74 Å². The van der Waals surface area contributed by atoms with Crippen molar-refractivity contribution in [1.82, 2.24) is 0 Å². The molecule has 0 amide bonds. The lowest BCUT2D eigenvalue weighted by molar-refractivity contribution is 0.00128. The number of halogens is 1. The minimum Gasteiger partial charge on any atom is -0.381 e. The second kappa shape index (κ2) is 4.79. The first-order chi connectivity index (χ1) is 6.02. The van der Waals surface area contributed by atoms with Crippen LogP contribution in [0.15, 0.2) is 0 Å². The molecule has 0 spiro atoms. The zero-order valence-corrected chi connectivity index (χ0v) is 10.6. The first kappa shape index (κ1) is 11.5. The topological polar surface area (TPSA) is 9.23 Å². The molecule has 2 unspecified atom stereocenters. The molecule has 0 bridgehead atoms. The van der Waals surface area contributed by atoms with Crippen LogP contribution in [0.4, 0.5) is 0 Å². The van der Waals surface area contributed by atoms with Gasteiger partial charge >= 0.3 is 0 Å². The molecule has 13 heavy (non-hydrogen) atoms. The van der Waals surface area contributed by atoms with Crippen LogP contribution in [0.1, 0.15) is 40.0 Å². The van der Waals surface area contributed by atoms with Gasteiger partial charge in [-0.15, -0.1) is 0 Å². The maximum absolute atomic E-state index is 5.53. The van der Waals surface area contributed by atoms with Crippen LogP contribution in [0, 0.1) is 11.3 Å². The van der Waals surface area contributed by atoms with E-state index in [0.29, 0.717) is 10.2 Å². The van der Waals surface area contributed by atoms with Crippen LogP contribution in [-0.2, 0) is 4.74 Å². The van der Waals surface area contributed by atoms with E-state index >= 15 is 0 Å². The molecular formula is C11H21BrO. The largest absolute Gasteiger partial charge is 0.381 e. The fraction of sp³-hybridized carbons (Fsp3) is 1.00. The summed E-state index contributed by atoms with van der Waals surface area (Å²) in [6.07, 6.45) is 3.82. The van der Waals surface area contributed by atoms with Crippen molar-refractivity contribution in [3.05, 3.63) is 0 Å². The van der Waals surface area contributed by atoms with E-state index in [1.807, 2.05) is 0 Å². The Morgan fingerprint density at radius 2 is 2.23 bits per heavy atom. The van der Waals surface area contributed by atoms with Gasteiger partial charge in [0.15, 0.2) is 0 Å². The summed E-state index contributed by atoms with van der Waals surface area (Å²) in [6.45, 7) is 8.89. The van der Waals surface area contributed by atoms with E-state index in [1.54, 1.807) is 0 Å². The van der Waals surface area contributed by atoms with Gasteiger partial charge in [0.1, 0.15) is 0 Å². The quantitative estimate of drug-likeness (QED) is 0.694. The van der Waals surface area contributed by atoms with Crippen molar-refractivity contribution in [3.8, 4) is 0 Å². The molecule has 0 aromatic carbocycles. The molecule has 0 radical (unpaired) electrons. The van der Waals surface area contributed by atoms with Gasteiger partial charge in [-0.05, 0) is 30.6 Å². The molecule has 1 heterocycles. The molecule has 0 aromatic heterocycles.